The maximum atomic E-state index is 12.7. The largest absolute Gasteiger partial charge is 0.416 e. The standard InChI is InChI=1S/C24H22F3N7O.C7H14/c25-24(26,27)19-7-5-17(6-8-19)14-30-22(35)16-29-20-12-21(34-10-1-2-11-34)33-23(32-20)31-15-18-4-3-9-28-13-18;1-7-5-3-2-4-6-7/h1-13H,14-16H2,(H,30,35)(H2,29,31,32,33);7H,2-6H2,1H3. The Bertz CT molecular complexity index is 1370. The fourth-order valence-corrected chi connectivity index (χ4v) is 4.46. The Morgan fingerprint density at radius 2 is 1.67 bits per heavy atom. The van der Waals surface area contributed by atoms with E-state index in [1.807, 2.05) is 41.2 Å². The third-order valence-corrected chi connectivity index (χ3v) is 6.85. The van der Waals surface area contributed by atoms with Gasteiger partial charge in [-0.05, 0) is 47.4 Å². The molecule has 1 fully saturated rings. The first-order valence-electron chi connectivity index (χ1n) is 14.1. The van der Waals surface area contributed by atoms with Gasteiger partial charge in [0.2, 0.25) is 11.9 Å². The van der Waals surface area contributed by atoms with Crippen LogP contribution in [0.4, 0.5) is 24.9 Å². The molecule has 8 nitrogen and oxygen atoms in total. The SMILES string of the molecule is CC1CCCCC1.O=C(CNc1cc(-n2cccc2)nc(NCc2cccnc2)n1)NCc1ccc(C(F)(F)F)cc1. The Labute approximate surface area is 243 Å². The van der Waals surface area contributed by atoms with Gasteiger partial charge in [0.15, 0.2) is 0 Å². The summed E-state index contributed by atoms with van der Waals surface area (Å²) in [5.74, 6) is 2.10. The van der Waals surface area contributed by atoms with Crippen LogP contribution >= 0.6 is 0 Å². The van der Waals surface area contributed by atoms with Crippen molar-refractivity contribution in [1.29, 1.82) is 0 Å². The van der Waals surface area contributed by atoms with Gasteiger partial charge < -0.3 is 20.5 Å². The molecule has 0 unspecified atom stereocenters. The summed E-state index contributed by atoms with van der Waals surface area (Å²) in [6.07, 6.45) is 10.2. The monoisotopic (exact) mass is 579 g/mol. The molecule has 0 spiro atoms. The number of hydrogen-bond acceptors (Lipinski definition) is 6. The lowest BCUT2D eigenvalue weighted by Gasteiger charge is -2.15. The topological polar surface area (TPSA) is 96.8 Å². The number of pyridine rings is 1. The number of nitrogens with one attached hydrogen (secondary N) is 3. The zero-order valence-electron chi connectivity index (χ0n) is 23.6. The van der Waals surface area contributed by atoms with Crippen molar-refractivity contribution in [2.24, 2.45) is 5.92 Å². The molecule has 0 saturated heterocycles. The van der Waals surface area contributed by atoms with Crippen molar-refractivity contribution in [3.05, 3.63) is 96.1 Å². The molecule has 1 saturated carbocycles. The molecule has 1 aliphatic rings. The highest BCUT2D eigenvalue weighted by atomic mass is 19.4. The molecular formula is C31H36F3N7O. The molecule has 0 atom stereocenters. The van der Waals surface area contributed by atoms with E-state index in [1.54, 1.807) is 18.5 Å². The summed E-state index contributed by atoms with van der Waals surface area (Å²) in [6.45, 7) is 2.86. The number of nitrogens with zero attached hydrogens (tertiary/aromatic N) is 4. The Morgan fingerprint density at radius 1 is 0.929 bits per heavy atom. The second kappa shape index (κ2) is 15.0. The first kappa shape index (κ1) is 30.5. The van der Waals surface area contributed by atoms with Crippen LogP contribution in [-0.4, -0.2) is 32.0 Å². The molecule has 3 aromatic heterocycles. The van der Waals surface area contributed by atoms with Crippen molar-refractivity contribution >= 4 is 17.7 Å². The fourth-order valence-electron chi connectivity index (χ4n) is 4.46. The van der Waals surface area contributed by atoms with Gasteiger partial charge in [-0.3, -0.25) is 9.78 Å². The van der Waals surface area contributed by atoms with Crippen LogP contribution in [0.2, 0.25) is 0 Å². The molecule has 222 valence electrons. The quantitative estimate of drug-likeness (QED) is 0.207. The summed E-state index contributed by atoms with van der Waals surface area (Å²) in [5.41, 5.74) is 0.786. The number of rotatable bonds is 9. The van der Waals surface area contributed by atoms with Crippen molar-refractivity contribution in [3.63, 3.8) is 0 Å². The molecule has 0 aliphatic heterocycles. The van der Waals surface area contributed by atoms with Crippen LogP contribution in [0.25, 0.3) is 5.82 Å². The zero-order chi connectivity index (χ0) is 29.8. The van der Waals surface area contributed by atoms with E-state index >= 15 is 0 Å². The number of carbonyl (C=O) groups is 1. The van der Waals surface area contributed by atoms with Gasteiger partial charge in [-0.15, -0.1) is 0 Å². The smallest absolute Gasteiger partial charge is 0.361 e. The van der Waals surface area contributed by atoms with E-state index in [2.05, 4.69) is 37.8 Å². The number of alkyl halides is 3. The summed E-state index contributed by atoms with van der Waals surface area (Å²) >= 11 is 0. The Balaban J connectivity index is 0.000000507. The molecule has 3 N–H and O–H groups in total. The van der Waals surface area contributed by atoms with Gasteiger partial charge in [0, 0.05) is 43.9 Å². The molecule has 4 aromatic rings. The normalized spacial score (nSPS) is 13.5. The van der Waals surface area contributed by atoms with Gasteiger partial charge in [0.05, 0.1) is 12.1 Å². The van der Waals surface area contributed by atoms with Gasteiger partial charge in [0.1, 0.15) is 11.6 Å². The zero-order valence-corrected chi connectivity index (χ0v) is 23.6. The first-order chi connectivity index (χ1) is 20.3. The number of halogens is 3. The van der Waals surface area contributed by atoms with E-state index in [0.29, 0.717) is 29.7 Å². The van der Waals surface area contributed by atoms with Crippen LogP contribution in [0.3, 0.4) is 0 Å². The van der Waals surface area contributed by atoms with Gasteiger partial charge in [-0.1, -0.05) is 57.2 Å². The average Bonchev–Trinajstić information content (AvgIpc) is 3.54. The van der Waals surface area contributed by atoms with Crippen LogP contribution in [-0.2, 0) is 24.1 Å². The van der Waals surface area contributed by atoms with E-state index < -0.39 is 11.7 Å². The molecule has 42 heavy (non-hydrogen) atoms. The van der Waals surface area contributed by atoms with Crippen molar-refractivity contribution in [3.8, 4) is 5.82 Å². The van der Waals surface area contributed by atoms with E-state index in [-0.39, 0.29) is 19.0 Å². The maximum Gasteiger partial charge on any atom is 0.416 e. The summed E-state index contributed by atoms with van der Waals surface area (Å²) in [5, 5.41) is 8.81. The molecule has 3 heterocycles. The summed E-state index contributed by atoms with van der Waals surface area (Å²) in [4.78, 5) is 25.3. The fraction of sp³-hybridized carbons (Fsp3) is 0.355. The van der Waals surface area contributed by atoms with Gasteiger partial charge in [0.25, 0.3) is 0 Å². The molecular weight excluding hydrogens is 543 g/mol. The second-order valence-electron chi connectivity index (χ2n) is 10.3. The minimum atomic E-state index is -4.39. The highest BCUT2D eigenvalue weighted by molar-refractivity contribution is 5.80. The number of amides is 1. The van der Waals surface area contributed by atoms with Crippen molar-refractivity contribution in [1.82, 2.24) is 24.8 Å². The number of benzene rings is 1. The molecule has 11 heteroatoms. The lowest BCUT2D eigenvalue weighted by Crippen LogP contribution is -2.29. The minimum absolute atomic E-state index is 0.0786. The molecule has 5 rings (SSSR count). The van der Waals surface area contributed by atoms with Crippen LogP contribution in [0, 0.1) is 5.92 Å². The minimum Gasteiger partial charge on any atom is -0.361 e. The van der Waals surface area contributed by atoms with E-state index in [9.17, 15) is 18.0 Å². The number of carbonyl (C=O) groups excluding carboxylic acids is 1. The van der Waals surface area contributed by atoms with E-state index in [1.165, 1.54) is 44.2 Å². The Morgan fingerprint density at radius 3 is 2.29 bits per heavy atom. The number of anilines is 2. The van der Waals surface area contributed by atoms with Crippen LogP contribution in [0.15, 0.2) is 79.4 Å². The van der Waals surface area contributed by atoms with Gasteiger partial charge in [-0.2, -0.15) is 23.1 Å². The lowest BCUT2D eigenvalue weighted by atomic mass is 9.91. The predicted octanol–water partition coefficient (Wildman–Crippen LogP) is 6.61. The van der Waals surface area contributed by atoms with Gasteiger partial charge >= 0.3 is 6.18 Å². The second-order valence-corrected chi connectivity index (χ2v) is 10.3. The van der Waals surface area contributed by atoms with Crippen LogP contribution in [0.1, 0.15) is 55.7 Å². The van der Waals surface area contributed by atoms with Crippen LogP contribution < -0.4 is 16.0 Å². The van der Waals surface area contributed by atoms with Crippen LogP contribution in [0.5, 0.6) is 0 Å². The lowest BCUT2D eigenvalue weighted by molar-refractivity contribution is -0.137. The van der Waals surface area contributed by atoms with Crippen molar-refractivity contribution in [2.75, 3.05) is 17.2 Å². The summed E-state index contributed by atoms with van der Waals surface area (Å²) in [7, 11) is 0. The highest BCUT2D eigenvalue weighted by Crippen LogP contribution is 2.29. The van der Waals surface area contributed by atoms with E-state index in [4.69, 9.17) is 0 Å². The van der Waals surface area contributed by atoms with Crippen molar-refractivity contribution in [2.45, 2.75) is 58.3 Å². The predicted molar refractivity (Wildman–Crippen MR) is 157 cm³/mol. The van der Waals surface area contributed by atoms with Gasteiger partial charge in [-0.25, -0.2) is 0 Å². The summed E-state index contributed by atoms with van der Waals surface area (Å²) in [6, 6.07) is 13.9. The Kier molecular flexibility index (Phi) is 10.9. The average molecular weight is 580 g/mol. The molecule has 1 aliphatic carbocycles. The van der Waals surface area contributed by atoms with E-state index in [0.717, 1.165) is 23.6 Å². The highest BCUT2D eigenvalue weighted by Gasteiger charge is 2.29. The number of aromatic nitrogens is 4. The first-order valence-corrected chi connectivity index (χ1v) is 14.1. The molecule has 0 bridgehead atoms. The van der Waals surface area contributed by atoms with Crippen molar-refractivity contribution < 1.29 is 18.0 Å². The number of hydrogen-bond donors (Lipinski definition) is 3. The molecule has 0 radical (unpaired) electrons. The molecule has 1 amide bonds. The summed E-state index contributed by atoms with van der Waals surface area (Å²) < 4.78 is 39.9. The Hall–Kier alpha value is -4.41. The maximum absolute atomic E-state index is 12.7. The third-order valence-electron chi connectivity index (χ3n) is 6.85. The third kappa shape index (κ3) is 9.90. The molecule has 1 aromatic carbocycles.